The summed E-state index contributed by atoms with van der Waals surface area (Å²) in [5.41, 5.74) is 1.02. The van der Waals surface area contributed by atoms with Crippen molar-refractivity contribution in [1.29, 1.82) is 0 Å². The molecule has 9 heteroatoms. The summed E-state index contributed by atoms with van der Waals surface area (Å²) >= 11 is 3.23. The van der Waals surface area contributed by atoms with Crippen LogP contribution in [0.25, 0.3) is 0 Å². The van der Waals surface area contributed by atoms with Crippen LogP contribution in [0.4, 0.5) is 15.8 Å². The van der Waals surface area contributed by atoms with Crippen LogP contribution in [-0.2, 0) is 10.0 Å². The van der Waals surface area contributed by atoms with Gasteiger partial charge in [-0.1, -0.05) is 12.1 Å². The van der Waals surface area contributed by atoms with Crippen molar-refractivity contribution in [3.8, 4) is 0 Å². The number of aryl methyl sites for hydroxylation is 1. The number of anilines is 2. The zero-order chi connectivity index (χ0) is 20.3. The fourth-order valence-corrected chi connectivity index (χ4v) is 4.68. The topological polar surface area (TPSA) is 88.2 Å². The van der Waals surface area contributed by atoms with Gasteiger partial charge in [-0.2, -0.15) is 0 Å². The quantitative estimate of drug-likeness (QED) is 0.588. The van der Waals surface area contributed by atoms with Gasteiger partial charge < -0.3 is 5.32 Å². The Morgan fingerprint density at radius 3 is 2.54 bits per heavy atom. The zero-order valence-corrected chi connectivity index (χ0v) is 17.0. The number of benzene rings is 2. The molecular weight excluding hydrogens is 449 g/mol. The first-order valence-corrected chi connectivity index (χ1v) is 10.3. The summed E-state index contributed by atoms with van der Waals surface area (Å²) in [6, 6.07) is 12.9. The number of aromatic nitrogens is 1. The Morgan fingerprint density at radius 2 is 1.86 bits per heavy atom. The second kappa shape index (κ2) is 8.07. The molecule has 0 bridgehead atoms. The highest BCUT2D eigenvalue weighted by molar-refractivity contribution is 9.10. The predicted octanol–water partition coefficient (Wildman–Crippen LogP) is 4.34. The fourth-order valence-electron chi connectivity index (χ4n) is 2.42. The van der Waals surface area contributed by atoms with Crippen LogP contribution in [0.15, 0.2) is 70.2 Å². The third-order valence-electron chi connectivity index (χ3n) is 3.75. The van der Waals surface area contributed by atoms with Gasteiger partial charge in [-0.15, -0.1) is 0 Å². The van der Waals surface area contributed by atoms with Gasteiger partial charge in [-0.05, 0) is 64.8 Å². The Morgan fingerprint density at radius 1 is 1.07 bits per heavy atom. The molecular formula is C19H15BrFN3O3S. The number of halogens is 2. The van der Waals surface area contributed by atoms with Crippen LogP contribution in [0, 0.1) is 12.7 Å². The minimum absolute atomic E-state index is 0.00985. The molecule has 0 aliphatic rings. The van der Waals surface area contributed by atoms with Gasteiger partial charge in [0, 0.05) is 16.7 Å². The molecule has 144 valence electrons. The Kier molecular flexibility index (Phi) is 5.76. The number of sulfonamides is 1. The molecule has 0 spiro atoms. The lowest BCUT2D eigenvalue weighted by Crippen LogP contribution is -2.18. The molecule has 3 aromatic rings. The van der Waals surface area contributed by atoms with E-state index in [1.807, 2.05) is 6.92 Å². The summed E-state index contributed by atoms with van der Waals surface area (Å²) in [6.07, 6.45) is 1.46. The van der Waals surface area contributed by atoms with Crippen LogP contribution in [0.3, 0.4) is 0 Å². The van der Waals surface area contributed by atoms with Gasteiger partial charge in [0.1, 0.15) is 16.4 Å². The number of carbonyl (C=O) groups is 1. The highest BCUT2D eigenvalue weighted by atomic mass is 79.9. The van der Waals surface area contributed by atoms with Crippen molar-refractivity contribution in [3.63, 3.8) is 0 Å². The van der Waals surface area contributed by atoms with E-state index in [0.717, 1.165) is 17.7 Å². The van der Waals surface area contributed by atoms with Crippen LogP contribution in [-0.4, -0.2) is 19.3 Å². The molecule has 0 fully saturated rings. The molecule has 6 nitrogen and oxygen atoms in total. The van der Waals surface area contributed by atoms with E-state index in [1.54, 1.807) is 24.3 Å². The molecule has 0 saturated heterocycles. The minimum atomic E-state index is -4.03. The maximum absolute atomic E-state index is 13.7. The summed E-state index contributed by atoms with van der Waals surface area (Å²) in [5, 5.41) is 2.55. The van der Waals surface area contributed by atoms with E-state index < -0.39 is 21.7 Å². The summed E-state index contributed by atoms with van der Waals surface area (Å²) in [4.78, 5) is 16.2. The number of rotatable bonds is 5. The summed E-state index contributed by atoms with van der Waals surface area (Å²) in [5.74, 6) is -1.21. The SMILES string of the molecule is Cc1ccc(S(=O)(=O)Nc2cc(F)ccc2NC(=O)c2ccccn2)c(Br)c1. The van der Waals surface area contributed by atoms with Gasteiger partial charge in [0.2, 0.25) is 0 Å². The number of hydrogen-bond donors (Lipinski definition) is 2. The molecule has 0 unspecified atom stereocenters. The maximum Gasteiger partial charge on any atom is 0.274 e. The monoisotopic (exact) mass is 463 g/mol. The van der Waals surface area contributed by atoms with Gasteiger partial charge in [-0.3, -0.25) is 14.5 Å². The Bertz CT molecular complexity index is 1140. The number of carbonyl (C=O) groups excluding carboxylic acids is 1. The highest BCUT2D eigenvalue weighted by Gasteiger charge is 2.20. The molecule has 0 atom stereocenters. The standard InChI is InChI=1S/C19H15BrFN3O3S/c1-12-5-8-18(14(20)10-12)28(26,27)24-17-11-13(21)6-7-15(17)23-19(25)16-4-2-3-9-22-16/h2-11,24H,1H3,(H,23,25). The van der Waals surface area contributed by atoms with Crippen LogP contribution in [0.2, 0.25) is 0 Å². The molecule has 3 rings (SSSR count). The Labute approximate surface area is 170 Å². The smallest absolute Gasteiger partial charge is 0.274 e. The molecule has 1 heterocycles. The van der Waals surface area contributed by atoms with Crippen molar-refractivity contribution in [2.45, 2.75) is 11.8 Å². The van der Waals surface area contributed by atoms with E-state index in [4.69, 9.17) is 0 Å². The maximum atomic E-state index is 13.7. The minimum Gasteiger partial charge on any atom is -0.319 e. The molecule has 28 heavy (non-hydrogen) atoms. The van der Waals surface area contributed by atoms with Gasteiger partial charge >= 0.3 is 0 Å². The molecule has 1 amide bonds. The first-order valence-electron chi connectivity index (χ1n) is 8.07. The lowest BCUT2D eigenvalue weighted by atomic mass is 10.2. The van der Waals surface area contributed by atoms with Gasteiger partial charge in [-0.25, -0.2) is 12.8 Å². The summed E-state index contributed by atoms with van der Waals surface area (Å²) < 4.78 is 42.0. The number of nitrogens with zero attached hydrogens (tertiary/aromatic N) is 1. The van der Waals surface area contributed by atoms with Crippen molar-refractivity contribution in [2.24, 2.45) is 0 Å². The average Bonchev–Trinajstić information content (AvgIpc) is 2.64. The first-order chi connectivity index (χ1) is 13.3. The molecule has 0 aliphatic heterocycles. The summed E-state index contributed by atoms with van der Waals surface area (Å²) in [7, 11) is -4.03. The second-order valence-electron chi connectivity index (χ2n) is 5.90. The summed E-state index contributed by atoms with van der Waals surface area (Å²) in [6.45, 7) is 1.83. The van der Waals surface area contributed by atoms with Gasteiger partial charge in [0.05, 0.1) is 11.4 Å². The van der Waals surface area contributed by atoms with E-state index in [9.17, 15) is 17.6 Å². The molecule has 2 aromatic carbocycles. The molecule has 0 aliphatic carbocycles. The molecule has 0 saturated carbocycles. The lowest BCUT2D eigenvalue weighted by molar-refractivity contribution is 0.102. The molecule has 2 N–H and O–H groups in total. The number of amides is 1. The zero-order valence-electron chi connectivity index (χ0n) is 14.6. The lowest BCUT2D eigenvalue weighted by Gasteiger charge is -2.14. The van der Waals surface area contributed by atoms with Crippen molar-refractivity contribution in [1.82, 2.24) is 4.98 Å². The second-order valence-corrected chi connectivity index (χ2v) is 8.40. The highest BCUT2D eigenvalue weighted by Crippen LogP contribution is 2.29. The number of nitrogens with one attached hydrogen (secondary N) is 2. The van der Waals surface area contributed by atoms with Gasteiger partial charge in [0.15, 0.2) is 0 Å². The third kappa shape index (κ3) is 4.55. The first kappa shape index (κ1) is 20.0. The third-order valence-corrected chi connectivity index (χ3v) is 6.09. The van der Waals surface area contributed by atoms with Crippen LogP contribution >= 0.6 is 15.9 Å². The van der Waals surface area contributed by atoms with E-state index in [2.05, 4.69) is 31.0 Å². The largest absolute Gasteiger partial charge is 0.319 e. The number of pyridine rings is 1. The van der Waals surface area contributed by atoms with E-state index in [-0.39, 0.29) is 22.0 Å². The van der Waals surface area contributed by atoms with Crippen LogP contribution in [0.5, 0.6) is 0 Å². The van der Waals surface area contributed by atoms with Crippen molar-refractivity contribution in [2.75, 3.05) is 10.0 Å². The van der Waals surface area contributed by atoms with Crippen LogP contribution < -0.4 is 10.0 Å². The average molecular weight is 464 g/mol. The van der Waals surface area contributed by atoms with E-state index >= 15 is 0 Å². The predicted molar refractivity (Wildman–Crippen MR) is 108 cm³/mol. The normalized spacial score (nSPS) is 11.1. The Hall–Kier alpha value is -2.78. The van der Waals surface area contributed by atoms with E-state index in [1.165, 1.54) is 24.4 Å². The van der Waals surface area contributed by atoms with Crippen molar-refractivity contribution >= 4 is 43.2 Å². The van der Waals surface area contributed by atoms with Gasteiger partial charge in [0.25, 0.3) is 15.9 Å². The molecule has 0 radical (unpaired) electrons. The fraction of sp³-hybridized carbons (Fsp3) is 0.0526. The Balaban J connectivity index is 1.93. The van der Waals surface area contributed by atoms with E-state index in [0.29, 0.717) is 4.47 Å². The van der Waals surface area contributed by atoms with Crippen LogP contribution in [0.1, 0.15) is 16.1 Å². The van der Waals surface area contributed by atoms with Crippen molar-refractivity contribution in [3.05, 3.63) is 82.3 Å². The number of hydrogen-bond acceptors (Lipinski definition) is 4. The van der Waals surface area contributed by atoms with Crippen molar-refractivity contribution < 1.29 is 17.6 Å². The molecule has 1 aromatic heterocycles.